The van der Waals surface area contributed by atoms with Gasteiger partial charge in [-0.3, -0.25) is 4.68 Å². The Morgan fingerprint density at radius 3 is 2.53 bits per heavy atom. The van der Waals surface area contributed by atoms with Gasteiger partial charge in [0, 0.05) is 19.3 Å². The fraction of sp³-hybridized carbons (Fsp3) is 0.750. The smallest absolute Gasteiger partial charge is 0.0521 e. The lowest BCUT2D eigenvalue weighted by molar-refractivity contribution is 0.333. The second-order valence-corrected chi connectivity index (χ2v) is 4.83. The molecule has 1 aromatic heterocycles. The van der Waals surface area contributed by atoms with Gasteiger partial charge < -0.3 is 5.73 Å². The third-order valence-electron chi connectivity index (χ3n) is 3.25. The molecular weight excluding hydrogens is 186 g/mol. The fourth-order valence-corrected chi connectivity index (χ4v) is 1.69. The highest BCUT2D eigenvalue weighted by atomic mass is 15.2. The Bertz CT molecular complexity index is 291. The molecule has 3 heteroatoms. The molecule has 1 heterocycles. The van der Waals surface area contributed by atoms with Crippen LogP contribution in [0.5, 0.6) is 0 Å². The van der Waals surface area contributed by atoms with Crippen LogP contribution in [0.4, 0.5) is 0 Å². The first kappa shape index (κ1) is 12.2. The molecule has 0 saturated carbocycles. The van der Waals surface area contributed by atoms with E-state index in [-0.39, 0.29) is 0 Å². The summed E-state index contributed by atoms with van der Waals surface area (Å²) in [5.41, 5.74) is 7.43. The Hall–Kier alpha value is -0.830. The lowest BCUT2D eigenvalue weighted by atomic mass is 9.88. The Morgan fingerprint density at radius 2 is 2.07 bits per heavy atom. The first-order valence-electron chi connectivity index (χ1n) is 5.73. The topological polar surface area (TPSA) is 43.8 Å². The third kappa shape index (κ3) is 3.67. The molecule has 0 aliphatic carbocycles. The van der Waals surface area contributed by atoms with Crippen LogP contribution in [0, 0.1) is 11.8 Å². The summed E-state index contributed by atoms with van der Waals surface area (Å²) in [7, 11) is 1.94. The molecule has 2 N–H and O–H groups in total. The predicted octanol–water partition coefficient (Wildman–Crippen LogP) is 1.97. The van der Waals surface area contributed by atoms with E-state index in [0.29, 0.717) is 17.9 Å². The monoisotopic (exact) mass is 209 g/mol. The number of nitrogens with zero attached hydrogens (tertiary/aromatic N) is 2. The third-order valence-corrected chi connectivity index (χ3v) is 3.25. The number of hydrogen-bond donors (Lipinski definition) is 1. The van der Waals surface area contributed by atoms with Crippen LogP contribution in [0.2, 0.25) is 0 Å². The summed E-state index contributed by atoms with van der Waals surface area (Å²) in [5, 5.41) is 4.15. The zero-order valence-electron chi connectivity index (χ0n) is 10.3. The van der Waals surface area contributed by atoms with Gasteiger partial charge in [-0.05, 0) is 30.2 Å². The van der Waals surface area contributed by atoms with Gasteiger partial charge in [0.2, 0.25) is 0 Å². The summed E-state index contributed by atoms with van der Waals surface area (Å²) in [5.74, 6) is 1.25. The maximum Gasteiger partial charge on any atom is 0.0521 e. The molecule has 0 fully saturated rings. The van der Waals surface area contributed by atoms with Gasteiger partial charge in [-0.15, -0.1) is 0 Å². The van der Waals surface area contributed by atoms with Gasteiger partial charge in [0.15, 0.2) is 0 Å². The van der Waals surface area contributed by atoms with E-state index in [1.54, 1.807) is 0 Å². The summed E-state index contributed by atoms with van der Waals surface area (Å²) >= 11 is 0. The maximum absolute atomic E-state index is 6.15. The average Bonchev–Trinajstić information content (AvgIpc) is 2.59. The molecular formula is C12H23N3. The molecule has 0 saturated heterocycles. The van der Waals surface area contributed by atoms with E-state index in [4.69, 9.17) is 5.73 Å². The zero-order chi connectivity index (χ0) is 11.4. The predicted molar refractivity (Wildman–Crippen MR) is 63.5 cm³/mol. The molecule has 0 amide bonds. The molecule has 1 aromatic rings. The molecule has 1 rings (SSSR count). The molecule has 0 radical (unpaired) electrons. The SMILES string of the molecule is CC(C)C(C)C(N)CCc1cnn(C)c1. The second-order valence-electron chi connectivity index (χ2n) is 4.83. The van der Waals surface area contributed by atoms with E-state index >= 15 is 0 Å². The number of hydrogen-bond acceptors (Lipinski definition) is 2. The largest absolute Gasteiger partial charge is 0.327 e. The van der Waals surface area contributed by atoms with Crippen LogP contribution in [-0.2, 0) is 13.5 Å². The molecule has 86 valence electrons. The van der Waals surface area contributed by atoms with E-state index in [2.05, 4.69) is 32.1 Å². The summed E-state index contributed by atoms with van der Waals surface area (Å²) in [4.78, 5) is 0. The van der Waals surface area contributed by atoms with Gasteiger partial charge in [0.25, 0.3) is 0 Å². The number of rotatable bonds is 5. The van der Waals surface area contributed by atoms with Crippen molar-refractivity contribution in [3.63, 3.8) is 0 Å². The molecule has 0 aliphatic rings. The van der Waals surface area contributed by atoms with Crippen LogP contribution in [0.25, 0.3) is 0 Å². The Labute approximate surface area is 92.7 Å². The standard InChI is InChI=1S/C12H23N3/c1-9(2)10(3)12(13)6-5-11-7-14-15(4)8-11/h7-10,12H,5-6,13H2,1-4H3. The van der Waals surface area contributed by atoms with Crippen LogP contribution in [0.3, 0.4) is 0 Å². The molecule has 0 aromatic carbocycles. The molecule has 2 unspecified atom stereocenters. The molecule has 15 heavy (non-hydrogen) atoms. The van der Waals surface area contributed by atoms with Gasteiger partial charge in [-0.1, -0.05) is 20.8 Å². The maximum atomic E-state index is 6.15. The van der Waals surface area contributed by atoms with Crippen molar-refractivity contribution in [1.82, 2.24) is 9.78 Å². The van der Waals surface area contributed by atoms with Crippen LogP contribution in [0.15, 0.2) is 12.4 Å². The average molecular weight is 209 g/mol. The fourth-order valence-electron chi connectivity index (χ4n) is 1.69. The quantitative estimate of drug-likeness (QED) is 0.805. The number of aryl methyl sites for hydroxylation is 2. The van der Waals surface area contributed by atoms with Crippen LogP contribution in [0.1, 0.15) is 32.8 Å². The van der Waals surface area contributed by atoms with E-state index in [9.17, 15) is 0 Å². The van der Waals surface area contributed by atoms with Crippen molar-refractivity contribution in [2.24, 2.45) is 24.6 Å². The van der Waals surface area contributed by atoms with Gasteiger partial charge in [0.1, 0.15) is 0 Å². The van der Waals surface area contributed by atoms with Crippen molar-refractivity contribution in [2.45, 2.75) is 39.7 Å². The number of aromatic nitrogens is 2. The van der Waals surface area contributed by atoms with E-state index in [1.807, 2.05) is 17.9 Å². The highest BCUT2D eigenvalue weighted by Crippen LogP contribution is 2.16. The molecule has 2 atom stereocenters. The summed E-state index contributed by atoms with van der Waals surface area (Å²) in [6.07, 6.45) is 6.07. The van der Waals surface area contributed by atoms with E-state index < -0.39 is 0 Å². The van der Waals surface area contributed by atoms with Gasteiger partial charge >= 0.3 is 0 Å². The molecule has 0 bridgehead atoms. The van der Waals surface area contributed by atoms with E-state index in [1.165, 1.54) is 5.56 Å². The van der Waals surface area contributed by atoms with Crippen molar-refractivity contribution in [3.05, 3.63) is 18.0 Å². The lowest BCUT2D eigenvalue weighted by Gasteiger charge is -2.22. The minimum absolute atomic E-state index is 0.296. The Balaban J connectivity index is 2.37. The van der Waals surface area contributed by atoms with Crippen molar-refractivity contribution < 1.29 is 0 Å². The summed E-state index contributed by atoms with van der Waals surface area (Å²) in [6.45, 7) is 6.70. The van der Waals surface area contributed by atoms with Crippen molar-refractivity contribution in [3.8, 4) is 0 Å². The lowest BCUT2D eigenvalue weighted by Crippen LogP contribution is -2.31. The number of nitrogens with two attached hydrogens (primary N) is 1. The minimum atomic E-state index is 0.296. The first-order chi connectivity index (χ1) is 7.00. The van der Waals surface area contributed by atoms with Crippen molar-refractivity contribution in [2.75, 3.05) is 0 Å². The summed E-state index contributed by atoms with van der Waals surface area (Å²) in [6, 6.07) is 0.296. The highest BCUT2D eigenvalue weighted by molar-refractivity contribution is 5.04. The van der Waals surface area contributed by atoms with Crippen molar-refractivity contribution >= 4 is 0 Å². The van der Waals surface area contributed by atoms with E-state index in [0.717, 1.165) is 12.8 Å². The normalized spacial score (nSPS) is 15.6. The van der Waals surface area contributed by atoms with Gasteiger partial charge in [0.05, 0.1) is 6.20 Å². The minimum Gasteiger partial charge on any atom is -0.327 e. The zero-order valence-corrected chi connectivity index (χ0v) is 10.3. The molecule has 0 aliphatic heterocycles. The van der Waals surface area contributed by atoms with Gasteiger partial charge in [-0.25, -0.2) is 0 Å². The molecule has 0 spiro atoms. The Morgan fingerprint density at radius 1 is 1.40 bits per heavy atom. The first-order valence-corrected chi connectivity index (χ1v) is 5.73. The second kappa shape index (κ2) is 5.31. The van der Waals surface area contributed by atoms with Crippen LogP contribution in [-0.4, -0.2) is 15.8 Å². The molecule has 3 nitrogen and oxygen atoms in total. The van der Waals surface area contributed by atoms with Gasteiger partial charge in [-0.2, -0.15) is 5.10 Å². The summed E-state index contributed by atoms with van der Waals surface area (Å²) < 4.78 is 1.84. The van der Waals surface area contributed by atoms with Crippen LogP contribution < -0.4 is 5.73 Å². The van der Waals surface area contributed by atoms with Crippen LogP contribution >= 0.6 is 0 Å². The van der Waals surface area contributed by atoms with Crippen molar-refractivity contribution in [1.29, 1.82) is 0 Å². The highest BCUT2D eigenvalue weighted by Gasteiger charge is 2.15. The Kier molecular flexibility index (Phi) is 4.33.